The minimum absolute atomic E-state index is 0.00281. The molecule has 0 spiro atoms. The van der Waals surface area contributed by atoms with E-state index in [2.05, 4.69) is 5.32 Å². The molecule has 1 aliphatic heterocycles. The van der Waals surface area contributed by atoms with Gasteiger partial charge in [-0.15, -0.1) is 0 Å². The maximum Gasteiger partial charge on any atom is 0.232 e. The van der Waals surface area contributed by atoms with E-state index >= 15 is 0 Å². The van der Waals surface area contributed by atoms with Gasteiger partial charge in [0.2, 0.25) is 5.91 Å². The molecule has 120 valence electrons. The molecule has 0 bridgehead atoms. The minimum atomic E-state index is -0.238. The van der Waals surface area contributed by atoms with E-state index in [9.17, 15) is 4.79 Å². The number of carbonyl (C=O) groups excluding carboxylic acids is 1. The number of hydrogen-bond acceptors (Lipinski definition) is 4. The predicted molar refractivity (Wildman–Crippen MR) is 87.6 cm³/mol. The van der Waals surface area contributed by atoms with Crippen LogP contribution in [0.2, 0.25) is 0 Å². The molecule has 23 heavy (non-hydrogen) atoms. The average molecular weight is 313 g/mol. The van der Waals surface area contributed by atoms with Gasteiger partial charge in [-0.05, 0) is 29.7 Å². The van der Waals surface area contributed by atoms with Crippen molar-refractivity contribution in [3.63, 3.8) is 0 Å². The van der Waals surface area contributed by atoms with E-state index in [1.54, 1.807) is 27.4 Å². The molecule has 2 aromatic rings. The van der Waals surface area contributed by atoms with Crippen LogP contribution in [0.25, 0.3) is 0 Å². The molecule has 1 atom stereocenters. The number of amides is 1. The maximum absolute atomic E-state index is 12.3. The van der Waals surface area contributed by atoms with Gasteiger partial charge in [-0.2, -0.15) is 0 Å². The molecule has 3 rings (SSSR count). The first-order chi connectivity index (χ1) is 11.2. The lowest BCUT2D eigenvalue weighted by atomic mass is 9.92. The highest BCUT2D eigenvalue weighted by atomic mass is 16.5. The number of nitrogens with one attached hydrogen (secondary N) is 1. The molecule has 2 aromatic carbocycles. The fourth-order valence-electron chi connectivity index (χ4n) is 2.95. The Balaban J connectivity index is 1.98. The van der Waals surface area contributed by atoms with Gasteiger partial charge < -0.3 is 19.5 Å². The summed E-state index contributed by atoms with van der Waals surface area (Å²) in [6.45, 7) is 0. The zero-order valence-corrected chi connectivity index (χ0v) is 13.4. The molecule has 1 N–H and O–H groups in total. The monoisotopic (exact) mass is 313 g/mol. The van der Waals surface area contributed by atoms with Crippen molar-refractivity contribution in [2.75, 3.05) is 26.6 Å². The van der Waals surface area contributed by atoms with Crippen molar-refractivity contribution in [1.82, 2.24) is 0 Å². The third-order valence-electron chi connectivity index (χ3n) is 4.12. The Morgan fingerprint density at radius 2 is 1.61 bits per heavy atom. The van der Waals surface area contributed by atoms with E-state index in [4.69, 9.17) is 14.2 Å². The van der Waals surface area contributed by atoms with Gasteiger partial charge in [0.1, 0.15) is 5.75 Å². The Morgan fingerprint density at radius 3 is 2.30 bits per heavy atom. The number of methoxy groups -OCH3 is 3. The lowest BCUT2D eigenvalue weighted by Gasteiger charge is -2.16. The molecular formula is C18H19NO4. The number of carbonyl (C=O) groups is 1. The Hall–Kier alpha value is -2.69. The number of benzene rings is 2. The summed E-state index contributed by atoms with van der Waals surface area (Å²) in [5.41, 5.74) is 2.79. The zero-order valence-electron chi connectivity index (χ0n) is 13.4. The molecule has 0 unspecified atom stereocenters. The van der Waals surface area contributed by atoms with Crippen LogP contribution in [0.3, 0.4) is 0 Å². The summed E-state index contributed by atoms with van der Waals surface area (Å²) < 4.78 is 16.1. The van der Waals surface area contributed by atoms with Crippen molar-refractivity contribution >= 4 is 11.6 Å². The second-order valence-corrected chi connectivity index (χ2v) is 5.35. The Bertz CT molecular complexity index is 742. The number of anilines is 1. The molecule has 1 amide bonds. The second-order valence-electron chi connectivity index (χ2n) is 5.35. The number of rotatable bonds is 5. The molecule has 0 radical (unpaired) electrons. The first kappa shape index (κ1) is 15.2. The molecule has 1 aliphatic rings. The number of hydrogen-bond donors (Lipinski definition) is 1. The summed E-state index contributed by atoms with van der Waals surface area (Å²) in [4.78, 5) is 12.3. The van der Waals surface area contributed by atoms with Crippen molar-refractivity contribution in [3.8, 4) is 17.2 Å². The highest BCUT2D eigenvalue weighted by molar-refractivity contribution is 6.03. The summed E-state index contributed by atoms with van der Waals surface area (Å²) >= 11 is 0. The van der Waals surface area contributed by atoms with Crippen molar-refractivity contribution in [3.05, 3.63) is 47.5 Å². The summed E-state index contributed by atoms with van der Waals surface area (Å²) in [7, 11) is 4.77. The normalized spacial score (nSPS) is 15.8. The fourth-order valence-corrected chi connectivity index (χ4v) is 2.95. The highest BCUT2D eigenvalue weighted by Gasteiger charge is 2.31. The smallest absolute Gasteiger partial charge is 0.232 e. The van der Waals surface area contributed by atoms with Crippen LogP contribution in [-0.2, 0) is 11.2 Å². The zero-order chi connectivity index (χ0) is 16.4. The molecule has 0 aromatic heterocycles. The molecule has 0 saturated carbocycles. The van der Waals surface area contributed by atoms with E-state index < -0.39 is 0 Å². The lowest BCUT2D eigenvalue weighted by Crippen LogP contribution is -2.14. The van der Waals surface area contributed by atoms with E-state index in [1.807, 2.05) is 30.3 Å². The van der Waals surface area contributed by atoms with Crippen molar-refractivity contribution < 1.29 is 19.0 Å². The highest BCUT2D eigenvalue weighted by Crippen LogP contribution is 2.40. The fraction of sp³-hybridized carbons (Fsp3) is 0.278. The van der Waals surface area contributed by atoms with Crippen LogP contribution in [0.1, 0.15) is 17.0 Å². The van der Waals surface area contributed by atoms with Crippen molar-refractivity contribution in [2.24, 2.45) is 0 Å². The van der Waals surface area contributed by atoms with Gasteiger partial charge in [-0.1, -0.05) is 18.2 Å². The standard InChI is InChI=1S/C18H19NO4/c1-21-15-10-17(23-3)16(22-2)9-11(15)8-13-12-6-4-5-7-14(12)19-18(13)20/h4-7,9-10,13H,8H2,1-3H3,(H,19,20)/t13-/m1/s1. The van der Waals surface area contributed by atoms with E-state index in [0.717, 1.165) is 16.8 Å². The van der Waals surface area contributed by atoms with Crippen LogP contribution in [0.4, 0.5) is 5.69 Å². The van der Waals surface area contributed by atoms with Gasteiger partial charge in [0.25, 0.3) is 0 Å². The third-order valence-corrected chi connectivity index (χ3v) is 4.12. The summed E-state index contributed by atoms with van der Waals surface area (Å²) in [5, 5.41) is 2.92. The van der Waals surface area contributed by atoms with Crippen LogP contribution in [0, 0.1) is 0 Å². The van der Waals surface area contributed by atoms with Crippen LogP contribution in [0.5, 0.6) is 17.2 Å². The SMILES string of the molecule is COc1cc(OC)c(OC)cc1C[C@H]1C(=O)Nc2ccccc21. The Kier molecular flexibility index (Phi) is 4.10. The van der Waals surface area contributed by atoms with Gasteiger partial charge in [-0.25, -0.2) is 0 Å². The van der Waals surface area contributed by atoms with Gasteiger partial charge in [0.05, 0.1) is 27.2 Å². The van der Waals surface area contributed by atoms with Crippen molar-refractivity contribution in [2.45, 2.75) is 12.3 Å². The number of fused-ring (bicyclic) bond motifs is 1. The topological polar surface area (TPSA) is 56.8 Å². The van der Waals surface area contributed by atoms with Gasteiger partial charge >= 0.3 is 0 Å². The predicted octanol–water partition coefficient (Wildman–Crippen LogP) is 2.99. The third kappa shape index (κ3) is 2.70. The maximum atomic E-state index is 12.3. The van der Waals surface area contributed by atoms with Crippen LogP contribution >= 0.6 is 0 Å². The molecule has 5 nitrogen and oxygen atoms in total. The molecular weight excluding hydrogens is 294 g/mol. The Morgan fingerprint density at radius 1 is 0.957 bits per heavy atom. The first-order valence-electron chi connectivity index (χ1n) is 7.36. The molecule has 5 heteroatoms. The average Bonchev–Trinajstić information content (AvgIpc) is 2.90. The van der Waals surface area contributed by atoms with E-state index in [-0.39, 0.29) is 11.8 Å². The van der Waals surface area contributed by atoms with Crippen molar-refractivity contribution in [1.29, 1.82) is 0 Å². The summed E-state index contributed by atoms with van der Waals surface area (Å²) in [5.74, 6) is 1.67. The van der Waals surface area contributed by atoms with Crippen LogP contribution in [0.15, 0.2) is 36.4 Å². The van der Waals surface area contributed by atoms with Crippen LogP contribution < -0.4 is 19.5 Å². The molecule has 1 heterocycles. The second kappa shape index (κ2) is 6.20. The summed E-state index contributed by atoms with van der Waals surface area (Å²) in [6.07, 6.45) is 0.534. The largest absolute Gasteiger partial charge is 0.496 e. The Labute approximate surface area is 135 Å². The molecule has 0 saturated heterocycles. The summed E-state index contributed by atoms with van der Waals surface area (Å²) in [6, 6.07) is 11.4. The molecule has 0 fully saturated rings. The first-order valence-corrected chi connectivity index (χ1v) is 7.36. The number of ether oxygens (including phenoxy) is 3. The number of para-hydroxylation sites is 1. The van der Waals surface area contributed by atoms with Crippen LogP contribution in [-0.4, -0.2) is 27.2 Å². The van der Waals surface area contributed by atoms with Gasteiger partial charge in [0.15, 0.2) is 11.5 Å². The quantitative estimate of drug-likeness (QED) is 0.922. The minimum Gasteiger partial charge on any atom is -0.496 e. The van der Waals surface area contributed by atoms with E-state index in [0.29, 0.717) is 23.7 Å². The van der Waals surface area contributed by atoms with Gasteiger partial charge in [0, 0.05) is 11.8 Å². The lowest BCUT2D eigenvalue weighted by molar-refractivity contribution is -0.117. The molecule has 0 aliphatic carbocycles. The van der Waals surface area contributed by atoms with Gasteiger partial charge in [-0.3, -0.25) is 4.79 Å². The van der Waals surface area contributed by atoms with E-state index in [1.165, 1.54) is 0 Å².